The van der Waals surface area contributed by atoms with E-state index >= 15 is 0 Å². The van der Waals surface area contributed by atoms with Crippen molar-refractivity contribution in [1.82, 2.24) is 25.1 Å². The highest BCUT2D eigenvalue weighted by molar-refractivity contribution is 5.49. The molecule has 0 N–H and O–H groups in total. The number of hydrogen-bond donors (Lipinski definition) is 0. The first kappa shape index (κ1) is 16.0. The number of rotatable bonds is 0. The average Bonchev–Trinajstić information content (AvgIpc) is 2.98. The monoisotopic (exact) mass is 341 g/mol. The van der Waals surface area contributed by atoms with E-state index in [4.69, 9.17) is 0 Å². The van der Waals surface area contributed by atoms with Crippen molar-refractivity contribution in [3.8, 4) is 0 Å². The molecule has 0 spiro atoms. The number of fused-ring (bicyclic) bond motifs is 6. The highest BCUT2D eigenvalue weighted by Crippen LogP contribution is 2.61. The maximum Gasteiger partial charge on any atom is 0.174 e. The van der Waals surface area contributed by atoms with Crippen LogP contribution in [0.1, 0.15) is 64.6 Å². The van der Waals surface area contributed by atoms with Crippen LogP contribution in [0.4, 0.5) is 0 Å². The van der Waals surface area contributed by atoms with Gasteiger partial charge >= 0.3 is 0 Å². The zero-order chi connectivity index (χ0) is 17.2. The Kier molecular flexibility index (Phi) is 3.44. The van der Waals surface area contributed by atoms with Gasteiger partial charge in [-0.15, -0.1) is 5.10 Å². The topological polar surface area (TPSA) is 46.8 Å². The molecular formula is C20H31N5. The molecule has 4 aliphatic rings. The molecule has 0 radical (unpaired) electrons. The molecule has 3 heterocycles. The van der Waals surface area contributed by atoms with E-state index in [-0.39, 0.29) is 0 Å². The van der Waals surface area contributed by atoms with Gasteiger partial charge in [-0.3, -0.25) is 0 Å². The minimum absolute atomic E-state index is 0.322. The van der Waals surface area contributed by atoms with E-state index in [0.717, 1.165) is 30.1 Å². The highest BCUT2D eigenvalue weighted by atomic mass is 15.5. The molecule has 0 aromatic carbocycles. The SMILES string of the molecule is CN1CCC[C@H]2[C@@H]3CCC4=Cc5nnnn5CC[C@]4(C)[C@H]3CC[C@@]21C. The average molecular weight is 342 g/mol. The molecule has 0 amide bonds. The van der Waals surface area contributed by atoms with E-state index in [2.05, 4.69) is 47.4 Å². The largest absolute Gasteiger partial charge is 0.301 e. The van der Waals surface area contributed by atoms with Gasteiger partial charge in [0.1, 0.15) is 0 Å². The Labute approximate surface area is 150 Å². The van der Waals surface area contributed by atoms with Crippen molar-refractivity contribution >= 4 is 6.08 Å². The first-order valence-electron chi connectivity index (χ1n) is 10.2. The Hall–Kier alpha value is -1.23. The molecular weight excluding hydrogens is 310 g/mol. The van der Waals surface area contributed by atoms with Gasteiger partial charge in [0.15, 0.2) is 5.82 Å². The molecule has 25 heavy (non-hydrogen) atoms. The molecule has 1 aromatic rings. The number of piperidine rings is 1. The van der Waals surface area contributed by atoms with Crippen molar-refractivity contribution < 1.29 is 0 Å². The molecule has 2 aliphatic carbocycles. The van der Waals surface area contributed by atoms with E-state index in [1.54, 1.807) is 5.57 Å². The van der Waals surface area contributed by atoms with Crippen LogP contribution in [0.2, 0.25) is 0 Å². The summed E-state index contributed by atoms with van der Waals surface area (Å²) in [5.74, 6) is 3.56. The minimum Gasteiger partial charge on any atom is -0.301 e. The molecule has 5 nitrogen and oxygen atoms in total. The summed E-state index contributed by atoms with van der Waals surface area (Å²) >= 11 is 0. The molecule has 5 heteroatoms. The van der Waals surface area contributed by atoms with E-state index in [9.17, 15) is 0 Å². The predicted molar refractivity (Wildman–Crippen MR) is 97.7 cm³/mol. The first-order valence-corrected chi connectivity index (χ1v) is 10.2. The fourth-order valence-corrected chi connectivity index (χ4v) is 6.98. The Morgan fingerprint density at radius 2 is 1.96 bits per heavy atom. The lowest BCUT2D eigenvalue weighted by atomic mass is 9.48. The summed E-state index contributed by atoms with van der Waals surface area (Å²) in [7, 11) is 2.37. The third-order valence-electron chi connectivity index (χ3n) is 8.68. The summed E-state index contributed by atoms with van der Waals surface area (Å²) < 4.78 is 2.01. The van der Waals surface area contributed by atoms with Crippen LogP contribution in [0.3, 0.4) is 0 Å². The molecule has 0 unspecified atom stereocenters. The van der Waals surface area contributed by atoms with Crippen LogP contribution in [0, 0.1) is 23.2 Å². The summed E-state index contributed by atoms with van der Waals surface area (Å²) in [6.45, 7) is 7.35. The van der Waals surface area contributed by atoms with Crippen LogP contribution in [0.5, 0.6) is 0 Å². The van der Waals surface area contributed by atoms with Gasteiger partial charge in [-0.05, 0) is 105 Å². The van der Waals surface area contributed by atoms with Crippen molar-refractivity contribution in [2.75, 3.05) is 13.6 Å². The van der Waals surface area contributed by atoms with Gasteiger partial charge in [-0.1, -0.05) is 12.5 Å². The van der Waals surface area contributed by atoms with Gasteiger partial charge in [-0.25, -0.2) is 4.68 Å². The van der Waals surface area contributed by atoms with Crippen LogP contribution in [0.25, 0.3) is 6.08 Å². The fourth-order valence-electron chi connectivity index (χ4n) is 6.98. The smallest absolute Gasteiger partial charge is 0.174 e. The lowest BCUT2D eigenvalue weighted by Crippen LogP contribution is -2.61. The van der Waals surface area contributed by atoms with Gasteiger partial charge < -0.3 is 4.90 Å². The van der Waals surface area contributed by atoms with Gasteiger partial charge in [0, 0.05) is 12.1 Å². The molecule has 2 aliphatic heterocycles. The first-order chi connectivity index (χ1) is 12.0. The molecule has 0 bridgehead atoms. The lowest BCUT2D eigenvalue weighted by molar-refractivity contribution is -0.0932. The molecule has 136 valence electrons. The summed E-state index contributed by atoms with van der Waals surface area (Å²) in [6, 6.07) is 0. The maximum atomic E-state index is 4.25. The Balaban J connectivity index is 1.51. The summed E-state index contributed by atoms with van der Waals surface area (Å²) in [6.07, 6.45) is 11.7. The number of tetrazole rings is 1. The molecule has 2 saturated carbocycles. The predicted octanol–water partition coefficient (Wildman–Crippen LogP) is 3.39. The number of nitrogens with zero attached hydrogens (tertiary/aromatic N) is 5. The van der Waals surface area contributed by atoms with Crippen molar-refractivity contribution in [2.24, 2.45) is 23.2 Å². The summed E-state index contributed by atoms with van der Waals surface area (Å²) in [5.41, 5.74) is 2.37. The third-order valence-corrected chi connectivity index (χ3v) is 8.68. The second-order valence-electron chi connectivity index (χ2n) is 9.47. The van der Waals surface area contributed by atoms with Crippen molar-refractivity contribution in [1.29, 1.82) is 0 Å². The Morgan fingerprint density at radius 3 is 2.84 bits per heavy atom. The Bertz CT molecular complexity index is 709. The van der Waals surface area contributed by atoms with Crippen LogP contribution >= 0.6 is 0 Å². The summed E-state index contributed by atoms with van der Waals surface area (Å²) in [4.78, 5) is 2.68. The molecule has 5 atom stereocenters. The zero-order valence-corrected chi connectivity index (χ0v) is 15.9. The second-order valence-corrected chi connectivity index (χ2v) is 9.47. The number of hydrogen-bond acceptors (Lipinski definition) is 4. The van der Waals surface area contributed by atoms with Gasteiger partial charge in [0.25, 0.3) is 0 Å². The van der Waals surface area contributed by atoms with E-state index in [1.807, 2.05) is 4.68 Å². The molecule has 1 saturated heterocycles. The van der Waals surface area contributed by atoms with E-state index < -0.39 is 0 Å². The number of likely N-dealkylation sites (tertiary alicyclic amines) is 1. The van der Waals surface area contributed by atoms with Crippen LogP contribution in [-0.2, 0) is 6.54 Å². The quantitative estimate of drug-likeness (QED) is 0.726. The molecule has 1 aromatic heterocycles. The molecule has 5 rings (SSSR count). The number of aromatic nitrogens is 4. The van der Waals surface area contributed by atoms with Gasteiger partial charge in [0.05, 0.1) is 0 Å². The number of aryl methyl sites for hydroxylation is 1. The van der Waals surface area contributed by atoms with Crippen LogP contribution in [0.15, 0.2) is 5.57 Å². The maximum absolute atomic E-state index is 4.25. The standard InChI is InChI=1S/C20H31N5/c1-19-10-12-25-18(21-22-23-25)13-14(19)6-7-15-16(19)8-9-20(2)17(15)5-4-11-24(20)3/h13,15-17H,4-12H2,1-3H3/t15-,16+,17+,19+,20+/m1/s1. The highest BCUT2D eigenvalue weighted by Gasteiger charge is 2.56. The Morgan fingerprint density at radius 1 is 1.08 bits per heavy atom. The van der Waals surface area contributed by atoms with Crippen molar-refractivity contribution in [2.45, 2.75) is 70.9 Å². The van der Waals surface area contributed by atoms with Crippen LogP contribution in [-0.4, -0.2) is 44.2 Å². The van der Waals surface area contributed by atoms with E-state index in [0.29, 0.717) is 11.0 Å². The van der Waals surface area contributed by atoms with Crippen LogP contribution < -0.4 is 0 Å². The zero-order valence-electron chi connectivity index (χ0n) is 15.9. The normalized spacial score (nSPS) is 44.0. The third kappa shape index (κ3) is 2.14. The second kappa shape index (κ2) is 5.38. The van der Waals surface area contributed by atoms with Crippen molar-refractivity contribution in [3.63, 3.8) is 0 Å². The summed E-state index contributed by atoms with van der Waals surface area (Å²) in [5, 5.41) is 12.3. The minimum atomic E-state index is 0.322. The molecule has 3 fully saturated rings. The number of allylic oxidation sites excluding steroid dienone is 1. The van der Waals surface area contributed by atoms with Gasteiger partial charge in [-0.2, -0.15) is 0 Å². The lowest BCUT2D eigenvalue weighted by Gasteiger charge is -2.61. The van der Waals surface area contributed by atoms with Crippen molar-refractivity contribution in [3.05, 3.63) is 11.4 Å². The fraction of sp³-hybridized carbons (Fsp3) is 0.850. The van der Waals surface area contributed by atoms with E-state index in [1.165, 1.54) is 51.5 Å². The van der Waals surface area contributed by atoms with Gasteiger partial charge in [0.2, 0.25) is 0 Å².